The summed E-state index contributed by atoms with van der Waals surface area (Å²) in [5.74, 6) is -0.0564. The SMILES string of the molecule is CCCCN(C)C(=O)C1CCN(CC(O)c2ccccc2F)CC1. The molecular formula is C19H29FN2O2. The number of β-amino-alcohol motifs (C(OH)–C–C–N with tert-alkyl or cyclic N) is 1. The van der Waals surface area contributed by atoms with Crippen molar-refractivity contribution >= 4 is 5.91 Å². The summed E-state index contributed by atoms with van der Waals surface area (Å²) < 4.78 is 13.7. The summed E-state index contributed by atoms with van der Waals surface area (Å²) in [7, 11) is 1.88. The molecule has 1 aliphatic rings. The average molecular weight is 336 g/mol. The minimum atomic E-state index is -0.828. The van der Waals surface area contributed by atoms with E-state index in [4.69, 9.17) is 0 Å². The van der Waals surface area contributed by atoms with Crippen LogP contribution in [-0.2, 0) is 4.79 Å². The van der Waals surface area contributed by atoms with E-state index in [9.17, 15) is 14.3 Å². The molecule has 2 rings (SSSR count). The maximum atomic E-state index is 13.7. The first kappa shape index (κ1) is 18.9. The van der Waals surface area contributed by atoms with Crippen molar-refractivity contribution in [3.8, 4) is 0 Å². The smallest absolute Gasteiger partial charge is 0.225 e. The van der Waals surface area contributed by atoms with Crippen LogP contribution < -0.4 is 0 Å². The number of amides is 1. The van der Waals surface area contributed by atoms with Crippen LogP contribution in [0.1, 0.15) is 44.3 Å². The lowest BCUT2D eigenvalue weighted by Crippen LogP contribution is -2.42. The number of carbonyl (C=O) groups excluding carboxylic acids is 1. The Hall–Kier alpha value is -1.46. The van der Waals surface area contributed by atoms with Gasteiger partial charge in [-0.3, -0.25) is 4.79 Å². The number of halogens is 1. The van der Waals surface area contributed by atoms with E-state index >= 15 is 0 Å². The molecular weight excluding hydrogens is 307 g/mol. The predicted molar refractivity (Wildman–Crippen MR) is 93.1 cm³/mol. The van der Waals surface area contributed by atoms with E-state index in [2.05, 4.69) is 11.8 Å². The molecule has 0 bridgehead atoms. The van der Waals surface area contributed by atoms with E-state index in [0.29, 0.717) is 12.1 Å². The Balaban J connectivity index is 1.80. The number of likely N-dealkylation sites (tertiary alicyclic amines) is 1. The van der Waals surface area contributed by atoms with Crippen LogP contribution in [0.15, 0.2) is 24.3 Å². The third-order valence-corrected chi connectivity index (χ3v) is 4.86. The van der Waals surface area contributed by atoms with Gasteiger partial charge in [0.15, 0.2) is 0 Å². The van der Waals surface area contributed by atoms with Crippen LogP contribution in [0.3, 0.4) is 0 Å². The molecule has 0 saturated carbocycles. The summed E-state index contributed by atoms with van der Waals surface area (Å²) in [5.41, 5.74) is 0.343. The fourth-order valence-electron chi connectivity index (χ4n) is 3.27. The number of hydrogen-bond donors (Lipinski definition) is 1. The molecule has 5 heteroatoms. The maximum absolute atomic E-state index is 13.7. The van der Waals surface area contributed by atoms with Gasteiger partial charge in [-0.1, -0.05) is 31.5 Å². The number of aliphatic hydroxyl groups excluding tert-OH is 1. The number of hydrogen-bond acceptors (Lipinski definition) is 3. The zero-order valence-electron chi connectivity index (χ0n) is 14.7. The summed E-state index contributed by atoms with van der Waals surface area (Å²) in [4.78, 5) is 16.4. The minimum absolute atomic E-state index is 0.0775. The lowest BCUT2D eigenvalue weighted by Gasteiger charge is -2.34. The number of carbonyl (C=O) groups is 1. The quantitative estimate of drug-likeness (QED) is 0.833. The standard InChI is InChI=1S/C19H29FN2O2/c1-3-4-11-21(2)19(24)15-9-12-22(13-10-15)14-18(23)16-7-5-6-8-17(16)20/h5-8,15,18,23H,3-4,9-14H2,1-2H3. The van der Waals surface area contributed by atoms with Crippen molar-refractivity contribution < 1.29 is 14.3 Å². The van der Waals surface area contributed by atoms with Crippen LogP contribution >= 0.6 is 0 Å². The lowest BCUT2D eigenvalue weighted by atomic mass is 9.94. The summed E-state index contributed by atoms with van der Waals surface area (Å²) in [6, 6.07) is 6.35. The Kier molecular flexibility index (Phi) is 7.18. The molecule has 0 spiro atoms. The summed E-state index contributed by atoms with van der Waals surface area (Å²) in [5, 5.41) is 10.3. The topological polar surface area (TPSA) is 43.8 Å². The first-order chi connectivity index (χ1) is 11.5. The summed E-state index contributed by atoms with van der Waals surface area (Å²) >= 11 is 0. The Morgan fingerprint density at radius 1 is 1.38 bits per heavy atom. The summed E-state index contributed by atoms with van der Waals surface area (Å²) in [6.45, 7) is 4.89. The highest BCUT2D eigenvalue weighted by atomic mass is 19.1. The Morgan fingerprint density at radius 3 is 2.67 bits per heavy atom. The molecule has 1 atom stereocenters. The predicted octanol–water partition coefficient (Wildman–Crippen LogP) is 2.83. The second-order valence-corrected chi connectivity index (χ2v) is 6.73. The molecule has 1 aliphatic heterocycles. The molecule has 1 aromatic rings. The van der Waals surface area contributed by atoms with Crippen LogP contribution in [0.5, 0.6) is 0 Å². The number of unbranched alkanes of at least 4 members (excludes halogenated alkanes) is 1. The molecule has 1 heterocycles. The van der Waals surface area contributed by atoms with Gasteiger partial charge in [0.2, 0.25) is 5.91 Å². The molecule has 1 aromatic carbocycles. The van der Waals surface area contributed by atoms with Crippen molar-refractivity contribution in [2.75, 3.05) is 33.2 Å². The molecule has 1 saturated heterocycles. The van der Waals surface area contributed by atoms with Gasteiger partial charge < -0.3 is 14.9 Å². The molecule has 1 amide bonds. The number of piperidine rings is 1. The Labute approximate surface area is 144 Å². The highest BCUT2D eigenvalue weighted by molar-refractivity contribution is 5.78. The average Bonchev–Trinajstić information content (AvgIpc) is 2.60. The van der Waals surface area contributed by atoms with E-state index in [-0.39, 0.29) is 17.6 Å². The van der Waals surface area contributed by atoms with E-state index in [0.717, 1.165) is 45.3 Å². The van der Waals surface area contributed by atoms with Gasteiger partial charge in [-0.2, -0.15) is 0 Å². The van der Waals surface area contributed by atoms with Crippen molar-refractivity contribution in [2.45, 2.75) is 38.7 Å². The number of rotatable bonds is 7. The van der Waals surface area contributed by atoms with Crippen LogP contribution in [0.2, 0.25) is 0 Å². The van der Waals surface area contributed by atoms with Crippen molar-refractivity contribution in [3.63, 3.8) is 0 Å². The van der Waals surface area contributed by atoms with Crippen LogP contribution in [0.25, 0.3) is 0 Å². The van der Waals surface area contributed by atoms with Gasteiger partial charge >= 0.3 is 0 Å². The normalized spacial score (nSPS) is 17.7. The Bertz CT molecular complexity index is 530. The minimum Gasteiger partial charge on any atom is -0.387 e. The van der Waals surface area contributed by atoms with Gasteiger partial charge in [0.25, 0.3) is 0 Å². The zero-order valence-corrected chi connectivity index (χ0v) is 14.7. The fraction of sp³-hybridized carbons (Fsp3) is 0.632. The van der Waals surface area contributed by atoms with Gasteiger partial charge in [-0.15, -0.1) is 0 Å². The first-order valence-corrected chi connectivity index (χ1v) is 8.92. The van der Waals surface area contributed by atoms with E-state index in [1.165, 1.54) is 6.07 Å². The Morgan fingerprint density at radius 2 is 2.04 bits per heavy atom. The molecule has 1 unspecified atom stereocenters. The monoisotopic (exact) mass is 336 g/mol. The van der Waals surface area contributed by atoms with Crippen molar-refractivity contribution in [3.05, 3.63) is 35.6 Å². The van der Waals surface area contributed by atoms with Gasteiger partial charge in [-0.05, 0) is 38.4 Å². The third kappa shape index (κ3) is 5.02. The van der Waals surface area contributed by atoms with Gasteiger partial charge in [0.05, 0.1) is 6.10 Å². The molecule has 24 heavy (non-hydrogen) atoms. The highest BCUT2D eigenvalue weighted by Gasteiger charge is 2.28. The zero-order chi connectivity index (χ0) is 17.5. The molecule has 134 valence electrons. The van der Waals surface area contributed by atoms with Crippen LogP contribution in [0, 0.1) is 11.7 Å². The van der Waals surface area contributed by atoms with Gasteiger partial charge in [-0.25, -0.2) is 4.39 Å². The molecule has 0 aromatic heterocycles. The van der Waals surface area contributed by atoms with E-state index < -0.39 is 6.10 Å². The molecule has 1 N–H and O–H groups in total. The number of benzene rings is 1. The number of aliphatic hydroxyl groups is 1. The fourth-order valence-corrected chi connectivity index (χ4v) is 3.27. The van der Waals surface area contributed by atoms with Gasteiger partial charge in [0, 0.05) is 31.6 Å². The molecule has 4 nitrogen and oxygen atoms in total. The summed E-state index contributed by atoms with van der Waals surface area (Å²) in [6.07, 6.45) is 2.91. The largest absolute Gasteiger partial charge is 0.387 e. The van der Waals surface area contributed by atoms with E-state index in [1.54, 1.807) is 18.2 Å². The van der Waals surface area contributed by atoms with Crippen LogP contribution in [-0.4, -0.2) is 54.0 Å². The van der Waals surface area contributed by atoms with Crippen molar-refractivity contribution in [1.82, 2.24) is 9.80 Å². The first-order valence-electron chi connectivity index (χ1n) is 8.92. The lowest BCUT2D eigenvalue weighted by molar-refractivity contribution is -0.135. The van der Waals surface area contributed by atoms with E-state index in [1.807, 2.05) is 11.9 Å². The molecule has 1 fully saturated rings. The second kappa shape index (κ2) is 9.14. The molecule has 0 aliphatic carbocycles. The maximum Gasteiger partial charge on any atom is 0.225 e. The van der Waals surface area contributed by atoms with Crippen LogP contribution in [0.4, 0.5) is 4.39 Å². The molecule has 0 radical (unpaired) electrons. The van der Waals surface area contributed by atoms with Crippen molar-refractivity contribution in [2.24, 2.45) is 5.92 Å². The third-order valence-electron chi connectivity index (χ3n) is 4.86. The number of nitrogens with zero attached hydrogens (tertiary/aromatic N) is 2. The second-order valence-electron chi connectivity index (χ2n) is 6.73. The van der Waals surface area contributed by atoms with Gasteiger partial charge in [0.1, 0.15) is 5.82 Å². The van der Waals surface area contributed by atoms with Crippen molar-refractivity contribution in [1.29, 1.82) is 0 Å². The highest BCUT2D eigenvalue weighted by Crippen LogP contribution is 2.23.